The Morgan fingerprint density at radius 3 is 2.53 bits per heavy atom. The average Bonchev–Trinajstić information content (AvgIpc) is 2.28. The van der Waals surface area contributed by atoms with Crippen LogP contribution in [0.4, 0.5) is 0 Å². The molecule has 0 unspecified atom stereocenters. The van der Waals surface area contributed by atoms with Crippen LogP contribution in [0.1, 0.15) is 24.2 Å². The number of carbonyl (C=O) groups excluding carboxylic acids is 1. The van der Waals surface area contributed by atoms with Gasteiger partial charge < -0.3 is 4.90 Å². The molecular weight excluding hydrogens is 280 g/mol. The lowest BCUT2D eigenvalue weighted by Gasteiger charge is -2.26. The van der Waals surface area contributed by atoms with Crippen LogP contribution in [0.5, 0.6) is 0 Å². The van der Waals surface area contributed by atoms with E-state index in [-0.39, 0.29) is 11.9 Å². The summed E-state index contributed by atoms with van der Waals surface area (Å²) in [5.74, 6) is 0.246. The molecular formula is C12H14Cl3NO. The molecule has 0 saturated heterocycles. The highest BCUT2D eigenvalue weighted by atomic mass is 35.5. The highest BCUT2D eigenvalue weighted by Gasteiger charge is 2.21. The van der Waals surface area contributed by atoms with Gasteiger partial charge >= 0.3 is 0 Å². The van der Waals surface area contributed by atoms with Crippen LogP contribution in [0.3, 0.4) is 0 Å². The number of amides is 1. The third-order valence-electron chi connectivity index (χ3n) is 2.39. The Hall–Kier alpha value is -0.440. The molecule has 0 aliphatic heterocycles. The van der Waals surface area contributed by atoms with Gasteiger partial charge in [-0.2, -0.15) is 0 Å². The largest absolute Gasteiger partial charge is 0.335 e. The number of hydrogen-bond acceptors (Lipinski definition) is 1. The molecule has 5 heteroatoms. The van der Waals surface area contributed by atoms with Gasteiger partial charge in [-0.05, 0) is 26.0 Å². The number of carbonyl (C=O) groups is 1. The zero-order valence-electron chi connectivity index (χ0n) is 9.71. The molecule has 0 heterocycles. The summed E-state index contributed by atoms with van der Waals surface area (Å²) in [7, 11) is 0. The van der Waals surface area contributed by atoms with Crippen LogP contribution in [0, 0.1) is 0 Å². The molecule has 0 radical (unpaired) electrons. The Morgan fingerprint density at radius 1 is 1.35 bits per heavy atom. The van der Waals surface area contributed by atoms with Crippen LogP contribution in [-0.4, -0.2) is 29.3 Å². The lowest BCUT2D eigenvalue weighted by atomic mass is 10.1. The molecule has 2 nitrogen and oxygen atoms in total. The molecule has 0 spiro atoms. The first-order valence-electron chi connectivity index (χ1n) is 5.30. The normalized spacial score (nSPS) is 10.7. The molecule has 0 N–H and O–H groups in total. The minimum Gasteiger partial charge on any atom is -0.335 e. The number of hydrogen-bond donors (Lipinski definition) is 0. The molecule has 0 aromatic heterocycles. The fraction of sp³-hybridized carbons (Fsp3) is 0.417. The van der Waals surface area contributed by atoms with Crippen molar-refractivity contribution in [2.24, 2.45) is 0 Å². The SMILES string of the molecule is CC(C)N(CCCl)C(=O)c1cccc(Cl)c1Cl. The molecule has 0 aliphatic carbocycles. The van der Waals surface area contributed by atoms with E-state index in [0.29, 0.717) is 28.0 Å². The van der Waals surface area contributed by atoms with Crippen molar-refractivity contribution in [2.75, 3.05) is 12.4 Å². The third-order valence-corrected chi connectivity index (χ3v) is 3.38. The summed E-state index contributed by atoms with van der Waals surface area (Å²) in [6.45, 7) is 4.35. The molecule has 0 saturated carbocycles. The number of alkyl halides is 1. The van der Waals surface area contributed by atoms with Gasteiger partial charge in [0.2, 0.25) is 0 Å². The molecule has 1 aromatic carbocycles. The smallest absolute Gasteiger partial charge is 0.255 e. The predicted molar refractivity (Wildman–Crippen MR) is 73.4 cm³/mol. The maximum Gasteiger partial charge on any atom is 0.255 e. The van der Waals surface area contributed by atoms with Gasteiger partial charge in [0.05, 0.1) is 15.6 Å². The first-order valence-corrected chi connectivity index (χ1v) is 6.59. The van der Waals surface area contributed by atoms with Crippen LogP contribution >= 0.6 is 34.8 Å². The van der Waals surface area contributed by atoms with Crippen LogP contribution in [-0.2, 0) is 0 Å². The summed E-state index contributed by atoms with van der Waals surface area (Å²) in [4.78, 5) is 13.9. The van der Waals surface area contributed by atoms with Crippen LogP contribution < -0.4 is 0 Å². The highest BCUT2D eigenvalue weighted by molar-refractivity contribution is 6.43. The lowest BCUT2D eigenvalue weighted by molar-refractivity contribution is 0.0718. The Balaban J connectivity index is 3.05. The maximum atomic E-state index is 12.3. The first-order chi connectivity index (χ1) is 7.99. The van der Waals surface area contributed by atoms with Crippen molar-refractivity contribution in [2.45, 2.75) is 19.9 Å². The second-order valence-corrected chi connectivity index (χ2v) is 5.05. The molecule has 17 heavy (non-hydrogen) atoms. The van der Waals surface area contributed by atoms with Crippen molar-refractivity contribution in [3.8, 4) is 0 Å². The Morgan fingerprint density at radius 2 is 2.00 bits per heavy atom. The number of rotatable bonds is 4. The number of nitrogens with zero attached hydrogens (tertiary/aromatic N) is 1. The second-order valence-electron chi connectivity index (χ2n) is 3.88. The number of halogens is 3. The van der Waals surface area contributed by atoms with E-state index in [9.17, 15) is 4.79 Å². The van der Waals surface area contributed by atoms with Crippen molar-refractivity contribution in [3.63, 3.8) is 0 Å². The summed E-state index contributed by atoms with van der Waals surface area (Å²) in [6, 6.07) is 5.10. The molecule has 1 amide bonds. The minimum absolute atomic E-state index is 0.0660. The quantitative estimate of drug-likeness (QED) is 0.766. The zero-order valence-corrected chi connectivity index (χ0v) is 12.0. The standard InChI is InChI=1S/C12H14Cl3NO/c1-8(2)16(7-6-13)12(17)9-4-3-5-10(14)11(9)15/h3-5,8H,6-7H2,1-2H3. The van der Waals surface area contributed by atoms with Crippen molar-refractivity contribution < 1.29 is 4.79 Å². The minimum atomic E-state index is -0.145. The molecule has 0 atom stereocenters. The third kappa shape index (κ3) is 3.51. The topological polar surface area (TPSA) is 20.3 Å². The average molecular weight is 295 g/mol. The van der Waals surface area contributed by atoms with Gasteiger partial charge in [0.25, 0.3) is 5.91 Å². The van der Waals surface area contributed by atoms with Gasteiger partial charge in [0, 0.05) is 18.5 Å². The summed E-state index contributed by atoms with van der Waals surface area (Å²) >= 11 is 17.6. The van der Waals surface area contributed by atoms with Crippen molar-refractivity contribution >= 4 is 40.7 Å². The molecule has 0 fully saturated rings. The van der Waals surface area contributed by atoms with Crippen molar-refractivity contribution in [1.29, 1.82) is 0 Å². The van der Waals surface area contributed by atoms with Gasteiger partial charge in [-0.1, -0.05) is 29.3 Å². The van der Waals surface area contributed by atoms with Crippen LogP contribution in [0.15, 0.2) is 18.2 Å². The van der Waals surface area contributed by atoms with Crippen LogP contribution in [0.25, 0.3) is 0 Å². The summed E-state index contributed by atoms with van der Waals surface area (Å²) in [6.07, 6.45) is 0. The van der Waals surface area contributed by atoms with Gasteiger partial charge in [-0.25, -0.2) is 0 Å². The maximum absolute atomic E-state index is 12.3. The van der Waals surface area contributed by atoms with Crippen molar-refractivity contribution in [1.82, 2.24) is 4.90 Å². The van der Waals surface area contributed by atoms with Gasteiger partial charge in [0.1, 0.15) is 0 Å². The van der Waals surface area contributed by atoms with E-state index in [1.165, 1.54) is 0 Å². The van der Waals surface area contributed by atoms with E-state index in [1.54, 1.807) is 23.1 Å². The summed E-state index contributed by atoms with van der Waals surface area (Å²) < 4.78 is 0. The fourth-order valence-electron chi connectivity index (χ4n) is 1.51. The van der Waals surface area contributed by atoms with Crippen LogP contribution in [0.2, 0.25) is 10.0 Å². The van der Waals surface area contributed by atoms with E-state index >= 15 is 0 Å². The molecule has 1 rings (SSSR count). The van der Waals surface area contributed by atoms with Gasteiger partial charge in [-0.15, -0.1) is 11.6 Å². The fourth-order valence-corrected chi connectivity index (χ4v) is 2.07. The molecule has 1 aromatic rings. The molecule has 0 bridgehead atoms. The Labute approximate surface area is 116 Å². The van der Waals surface area contributed by atoms with Gasteiger partial charge in [-0.3, -0.25) is 4.79 Å². The Bertz CT molecular complexity index is 407. The van der Waals surface area contributed by atoms with E-state index in [0.717, 1.165) is 0 Å². The zero-order chi connectivity index (χ0) is 13.0. The Kier molecular flexibility index (Phi) is 5.57. The first kappa shape index (κ1) is 14.6. The van der Waals surface area contributed by atoms with E-state index in [4.69, 9.17) is 34.8 Å². The second kappa shape index (κ2) is 6.48. The highest BCUT2D eigenvalue weighted by Crippen LogP contribution is 2.26. The van der Waals surface area contributed by atoms with E-state index < -0.39 is 0 Å². The van der Waals surface area contributed by atoms with E-state index in [2.05, 4.69) is 0 Å². The molecule has 0 aliphatic rings. The summed E-state index contributed by atoms with van der Waals surface area (Å²) in [5.41, 5.74) is 0.415. The van der Waals surface area contributed by atoms with E-state index in [1.807, 2.05) is 13.8 Å². The lowest BCUT2D eigenvalue weighted by Crippen LogP contribution is -2.38. The monoisotopic (exact) mass is 293 g/mol. The molecule has 94 valence electrons. The van der Waals surface area contributed by atoms with Crippen molar-refractivity contribution in [3.05, 3.63) is 33.8 Å². The number of benzene rings is 1. The summed E-state index contributed by atoms with van der Waals surface area (Å²) in [5, 5.41) is 0.673. The van der Waals surface area contributed by atoms with Gasteiger partial charge in [0.15, 0.2) is 0 Å². The predicted octanol–water partition coefficient (Wildman–Crippen LogP) is 4.08.